The summed E-state index contributed by atoms with van der Waals surface area (Å²) in [5.74, 6) is 0.915. The van der Waals surface area contributed by atoms with E-state index in [1.165, 1.54) is 0 Å². The van der Waals surface area contributed by atoms with E-state index >= 15 is 0 Å². The molecular formula is C8H11N3. The fraction of sp³-hybridized carbons (Fsp3) is 0.250. The number of imidazole rings is 1. The van der Waals surface area contributed by atoms with Crippen LogP contribution < -0.4 is 0 Å². The van der Waals surface area contributed by atoms with E-state index in [-0.39, 0.29) is 1.43 Å². The minimum absolute atomic E-state index is 0. The first kappa shape index (κ1) is 6.34. The van der Waals surface area contributed by atoms with Crippen molar-refractivity contribution in [3.63, 3.8) is 0 Å². The summed E-state index contributed by atoms with van der Waals surface area (Å²) in [5.41, 5.74) is 2.82. The highest BCUT2D eigenvalue weighted by Crippen LogP contribution is 2.08. The summed E-state index contributed by atoms with van der Waals surface area (Å²) in [6, 6.07) is 3.97. The van der Waals surface area contributed by atoms with Crippen molar-refractivity contribution in [1.29, 1.82) is 0 Å². The number of aromatic nitrogens is 3. The summed E-state index contributed by atoms with van der Waals surface area (Å²) < 4.78 is 0. The highest BCUT2D eigenvalue weighted by molar-refractivity contribution is 5.70. The standard InChI is InChI=1S/C8H9N3.H2/c1-5-3-4-7-8(9-5)11-6(2)10-7;/h3-4H,1-2H3,(H,9,10,11);1H. The molecule has 0 fully saturated rings. The van der Waals surface area contributed by atoms with Crippen molar-refractivity contribution < 1.29 is 1.43 Å². The molecule has 0 aliphatic heterocycles. The Kier molecular flexibility index (Phi) is 1.18. The average molecular weight is 149 g/mol. The molecule has 0 amide bonds. The zero-order valence-electron chi connectivity index (χ0n) is 6.55. The van der Waals surface area contributed by atoms with E-state index in [1.807, 2.05) is 26.0 Å². The average Bonchev–Trinajstić information content (AvgIpc) is 2.27. The Morgan fingerprint density at radius 1 is 1.27 bits per heavy atom. The molecule has 0 saturated heterocycles. The van der Waals surface area contributed by atoms with Crippen molar-refractivity contribution in [2.45, 2.75) is 13.8 Å². The summed E-state index contributed by atoms with van der Waals surface area (Å²) in [6.45, 7) is 3.89. The van der Waals surface area contributed by atoms with Gasteiger partial charge in [0.1, 0.15) is 5.82 Å². The summed E-state index contributed by atoms with van der Waals surface area (Å²) >= 11 is 0. The predicted octanol–water partition coefficient (Wildman–Crippen LogP) is 1.82. The second-order valence-electron chi connectivity index (χ2n) is 2.65. The molecule has 0 bridgehead atoms. The third kappa shape index (κ3) is 0.981. The number of hydrogen-bond donors (Lipinski definition) is 1. The first-order valence-electron chi connectivity index (χ1n) is 3.56. The van der Waals surface area contributed by atoms with Crippen LogP contribution in [-0.4, -0.2) is 15.0 Å². The minimum atomic E-state index is 0. The van der Waals surface area contributed by atoms with Gasteiger partial charge in [0, 0.05) is 7.12 Å². The molecule has 2 aromatic heterocycles. The number of nitrogens with one attached hydrogen (secondary N) is 1. The predicted molar refractivity (Wildman–Crippen MR) is 45.5 cm³/mol. The lowest BCUT2D eigenvalue weighted by molar-refractivity contribution is 1.15. The molecular weight excluding hydrogens is 138 g/mol. The molecule has 0 aliphatic carbocycles. The molecule has 2 heterocycles. The zero-order chi connectivity index (χ0) is 7.84. The molecule has 2 rings (SSSR count). The number of aryl methyl sites for hydroxylation is 2. The van der Waals surface area contributed by atoms with Gasteiger partial charge in [-0.15, -0.1) is 0 Å². The molecule has 3 heteroatoms. The van der Waals surface area contributed by atoms with Crippen molar-refractivity contribution in [2.24, 2.45) is 0 Å². The van der Waals surface area contributed by atoms with Crippen LogP contribution in [0.2, 0.25) is 0 Å². The van der Waals surface area contributed by atoms with Crippen molar-refractivity contribution in [1.82, 2.24) is 15.0 Å². The molecule has 58 valence electrons. The van der Waals surface area contributed by atoms with Gasteiger partial charge in [-0.25, -0.2) is 9.97 Å². The number of H-pyrrole nitrogens is 1. The van der Waals surface area contributed by atoms with Gasteiger partial charge in [0.15, 0.2) is 5.65 Å². The lowest BCUT2D eigenvalue weighted by Gasteiger charge is -1.88. The molecule has 0 atom stereocenters. The SMILES string of the molecule is Cc1ccc2[nH]c(C)nc2n1.[HH]. The topological polar surface area (TPSA) is 41.6 Å². The first-order chi connectivity index (χ1) is 5.25. The Labute approximate surface area is 66.0 Å². The van der Waals surface area contributed by atoms with Gasteiger partial charge in [-0.1, -0.05) is 0 Å². The van der Waals surface area contributed by atoms with Crippen LogP contribution in [0.25, 0.3) is 11.2 Å². The van der Waals surface area contributed by atoms with Crippen LogP contribution in [0.3, 0.4) is 0 Å². The summed E-state index contributed by atoms with van der Waals surface area (Å²) in [6.07, 6.45) is 0. The number of hydrogen-bond acceptors (Lipinski definition) is 2. The molecule has 3 nitrogen and oxygen atoms in total. The maximum absolute atomic E-state index is 4.25. The number of rotatable bonds is 0. The number of aromatic amines is 1. The van der Waals surface area contributed by atoms with Crippen LogP contribution in [0.1, 0.15) is 12.9 Å². The monoisotopic (exact) mass is 149 g/mol. The Hall–Kier alpha value is -1.38. The number of fused-ring (bicyclic) bond motifs is 1. The van der Waals surface area contributed by atoms with Crippen molar-refractivity contribution in [2.75, 3.05) is 0 Å². The Morgan fingerprint density at radius 3 is 2.91 bits per heavy atom. The van der Waals surface area contributed by atoms with Gasteiger partial charge in [-0.3, -0.25) is 0 Å². The van der Waals surface area contributed by atoms with Crippen molar-refractivity contribution in [3.05, 3.63) is 23.7 Å². The van der Waals surface area contributed by atoms with E-state index in [2.05, 4.69) is 15.0 Å². The lowest BCUT2D eigenvalue weighted by atomic mass is 10.4. The largest absolute Gasteiger partial charge is 0.341 e. The smallest absolute Gasteiger partial charge is 0.177 e. The molecule has 0 unspecified atom stereocenters. The van der Waals surface area contributed by atoms with E-state index in [1.54, 1.807) is 0 Å². The van der Waals surface area contributed by atoms with Gasteiger partial charge in [0.25, 0.3) is 0 Å². The number of pyridine rings is 1. The summed E-state index contributed by atoms with van der Waals surface area (Å²) in [4.78, 5) is 11.6. The van der Waals surface area contributed by atoms with Crippen LogP contribution in [0, 0.1) is 13.8 Å². The maximum Gasteiger partial charge on any atom is 0.177 e. The van der Waals surface area contributed by atoms with Gasteiger partial charge in [0.05, 0.1) is 5.52 Å². The zero-order valence-corrected chi connectivity index (χ0v) is 6.55. The van der Waals surface area contributed by atoms with Crippen LogP contribution in [-0.2, 0) is 0 Å². The van der Waals surface area contributed by atoms with Crippen molar-refractivity contribution >= 4 is 11.2 Å². The maximum atomic E-state index is 4.25. The molecule has 0 aliphatic rings. The second-order valence-corrected chi connectivity index (χ2v) is 2.65. The van der Waals surface area contributed by atoms with Crippen molar-refractivity contribution in [3.8, 4) is 0 Å². The van der Waals surface area contributed by atoms with Gasteiger partial charge in [0.2, 0.25) is 0 Å². The quantitative estimate of drug-likeness (QED) is 0.620. The lowest BCUT2D eigenvalue weighted by Crippen LogP contribution is -1.80. The van der Waals surface area contributed by atoms with Gasteiger partial charge in [-0.2, -0.15) is 0 Å². The summed E-state index contributed by atoms with van der Waals surface area (Å²) in [7, 11) is 0. The second kappa shape index (κ2) is 2.05. The third-order valence-corrected chi connectivity index (χ3v) is 1.60. The van der Waals surface area contributed by atoms with Crippen LogP contribution in [0.4, 0.5) is 0 Å². The Balaban J connectivity index is 0.000000720. The Morgan fingerprint density at radius 2 is 2.09 bits per heavy atom. The van der Waals surface area contributed by atoms with E-state index in [0.29, 0.717) is 0 Å². The molecule has 0 spiro atoms. The third-order valence-electron chi connectivity index (χ3n) is 1.60. The van der Waals surface area contributed by atoms with E-state index in [4.69, 9.17) is 0 Å². The fourth-order valence-electron chi connectivity index (χ4n) is 1.11. The highest BCUT2D eigenvalue weighted by Gasteiger charge is 1.98. The van der Waals surface area contributed by atoms with Gasteiger partial charge >= 0.3 is 0 Å². The first-order valence-corrected chi connectivity index (χ1v) is 3.56. The Bertz CT molecular complexity index is 394. The normalized spacial score (nSPS) is 10.7. The van der Waals surface area contributed by atoms with E-state index < -0.39 is 0 Å². The summed E-state index contributed by atoms with van der Waals surface area (Å²) in [5, 5.41) is 0. The van der Waals surface area contributed by atoms with E-state index in [9.17, 15) is 0 Å². The molecule has 1 N–H and O–H groups in total. The van der Waals surface area contributed by atoms with E-state index in [0.717, 1.165) is 22.7 Å². The minimum Gasteiger partial charge on any atom is -0.341 e. The van der Waals surface area contributed by atoms with Crippen LogP contribution in [0.15, 0.2) is 12.1 Å². The fourth-order valence-corrected chi connectivity index (χ4v) is 1.11. The van der Waals surface area contributed by atoms with Gasteiger partial charge in [-0.05, 0) is 26.0 Å². The molecule has 0 radical (unpaired) electrons. The number of nitrogens with zero attached hydrogens (tertiary/aromatic N) is 2. The molecule has 0 aromatic carbocycles. The molecule has 11 heavy (non-hydrogen) atoms. The van der Waals surface area contributed by atoms with Crippen LogP contribution in [0.5, 0.6) is 0 Å². The van der Waals surface area contributed by atoms with Gasteiger partial charge < -0.3 is 4.98 Å². The molecule has 2 aromatic rings. The molecule has 0 saturated carbocycles. The highest BCUT2D eigenvalue weighted by atomic mass is 15.0. The van der Waals surface area contributed by atoms with Crippen LogP contribution >= 0.6 is 0 Å².